The van der Waals surface area contributed by atoms with Gasteiger partial charge in [-0.15, -0.1) is 0 Å². The third-order valence-corrected chi connectivity index (χ3v) is 4.84. The van der Waals surface area contributed by atoms with Crippen LogP contribution in [0.4, 0.5) is 0 Å². The van der Waals surface area contributed by atoms with Crippen LogP contribution in [0, 0.1) is 6.92 Å². The molecule has 124 valence electrons. The van der Waals surface area contributed by atoms with Crippen molar-refractivity contribution in [2.24, 2.45) is 0 Å². The normalized spacial score (nSPS) is 18.5. The number of nitrogens with zero attached hydrogens (tertiary/aromatic N) is 4. The number of benzene rings is 1. The summed E-state index contributed by atoms with van der Waals surface area (Å²) >= 11 is 0. The first kappa shape index (κ1) is 15.1. The summed E-state index contributed by atoms with van der Waals surface area (Å²) in [6.07, 6.45) is 3.29. The number of likely N-dealkylation sites (tertiary alicyclic amines) is 1. The maximum Gasteiger partial charge on any atom is 0.262 e. The van der Waals surface area contributed by atoms with Crippen LogP contribution in [0.5, 0.6) is 0 Å². The first-order chi connectivity index (χ1) is 11.6. The van der Waals surface area contributed by atoms with Gasteiger partial charge in [0.15, 0.2) is 5.65 Å². The molecule has 1 atom stereocenters. The molecule has 1 aliphatic heterocycles. The van der Waals surface area contributed by atoms with Crippen LogP contribution in [-0.2, 0) is 6.42 Å². The van der Waals surface area contributed by atoms with Crippen LogP contribution in [-0.4, -0.2) is 44.8 Å². The average molecular weight is 323 g/mol. The standard InChI is InChI=1S/C18H21N5O/c1-12-5-3-4-6-13(12)9-16-20-17-15(18(24)21-16)10-19-23(17)14-7-8-22(2)11-14/h3-6,10,14H,7-9,11H2,1-2H3,(H,20,21,24). The molecule has 6 nitrogen and oxygen atoms in total. The van der Waals surface area contributed by atoms with Gasteiger partial charge in [-0.1, -0.05) is 24.3 Å². The van der Waals surface area contributed by atoms with E-state index in [1.54, 1.807) is 6.20 Å². The number of fused-ring (bicyclic) bond motifs is 1. The molecule has 1 unspecified atom stereocenters. The molecule has 0 amide bonds. The quantitative estimate of drug-likeness (QED) is 0.799. The number of hydrogen-bond acceptors (Lipinski definition) is 4. The second-order valence-corrected chi connectivity index (χ2v) is 6.65. The van der Waals surface area contributed by atoms with Crippen molar-refractivity contribution in [3.05, 3.63) is 57.8 Å². The largest absolute Gasteiger partial charge is 0.310 e. The third kappa shape index (κ3) is 2.63. The molecule has 1 fully saturated rings. The van der Waals surface area contributed by atoms with Gasteiger partial charge in [0.05, 0.1) is 12.2 Å². The molecule has 1 N–H and O–H groups in total. The van der Waals surface area contributed by atoms with E-state index in [4.69, 9.17) is 4.98 Å². The minimum Gasteiger partial charge on any atom is -0.310 e. The molecule has 2 aromatic heterocycles. The summed E-state index contributed by atoms with van der Waals surface area (Å²) in [7, 11) is 2.11. The second kappa shape index (κ2) is 5.87. The summed E-state index contributed by atoms with van der Waals surface area (Å²) in [4.78, 5) is 22.3. The van der Waals surface area contributed by atoms with E-state index in [2.05, 4.69) is 41.1 Å². The molecule has 4 rings (SSSR count). The van der Waals surface area contributed by atoms with E-state index in [-0.39, 0.29) is 11.6 Å². The van der Waals surface area contributed by atoms with Crippen molar-refractivity contribution < 1.29 is 0 Å². The number of rotatable bonds is 3. The lowest BCUT2D eigenvalue weighted by molar-refractivity contribution is 0.385. The lowest BCUT2D eigenvalue weighted by atomic mass is 10.1. The molecule has 0 radical (unpaired) electrons. The van der Waals surface area contributed by atoms with Gasteiger partial charge in [0, 0.05) is 19.5 Å². The maximum atomic E-state index is 12.4. The minimum atomic E-state index is -0.110. The Morgan fingerprint density at radius 2 is 2.17 bits per heavy atom. The average Bonchev–Trinajstić information content (AvgIpc) is 3.16. The number of aryl methyl sites for hydroxylation is 1. The number of nitrogens with one attached hydrogen (secondary N) is 1. The fraction of sp³-hybridized carbons (Fsp3) is 0.389. The number of hydrogen-bond donors (Lipinski definition) is 1. The van der Waals surface area contributed by atoms with Gasteiger partial charge in [-0.2, -0.15) is 5.10 Å². The lowest BCUT2D eigenvalue weighted by Crippen LogP contribution is -2.18. The zero-order chi connectivity index (χ0) is 16.7. The highest BCUT2D eigenvalue weighted by Crippen LogP contribution is 2.22. The van der Waals surface area contributed by atoms with E-state index in [1.807, 2.05) is 16.8 Å². The van der Waals surface area contributed by atoms with Crippen molar-refractivity contribution in [2.75, 3.05) is 20.1 Å². The highest BCUT2D eigenvalue weighted by molar-refractivity contribution is 5.73. The lowest BCUT2D eigenvalue weighted by Gasteiger charge is -2.12. The number of aromatic nitrogens is 4. The fourth-order valence-corrected chi connectivity index (χ4v) is 3.43. The summed E-state index contributed by atoms with van der Waals surface area (Å²) in [6, 6.07) is 8.46. The van der Waals surface area contributed by atoms with Crippen molar-refractivity contribution in [3.8, 4) is 0 Å². The van der Waals surface area contributed by atoms with Crippen LogP contribution in [0.3, 0.4) is 0 Å². The Morgan fingerprint density at radius 3 is 2.92 bits per heavy atom. The molecule has 24 heavy (non-hydrogen) atoms. The van der Waals surface area contributed by atoms with E-state index >= 15 is 0 Å². The van der Waals surface area contributed by atoms with Crippen LogP contribution in [0.25, 0.3) is 11.0 Å². The van der Waals surface area contributed by atoms with Gasteiger partial charge in [-0.3, -0.25) is 4.79 Å². The van der Waals surface area contributed by atoms with E-state index in [9.17, 15) is 4.79 Å². The number of H-pyrrole nitrogens is 1. The van der Waals surface area contributed by atoms with Gasteiger partial charge in [-0.05, 0) is 31.5 Å². The minimum absolute atomic E-state index is 0.110. The highest BCUT2D eigenvalue weighted by Gasteiger charge is 2.24. The molecular formula is C18H21N5O. The van der Waals surface area contributed by atoms with Crippen molar-refractivity contribution in [1.29, 1.82) is 0 Å². The zero-order valence-corrected chi connectivity index (χ0v) is 14.0. The highest BCUT2D eigenvalue weighted by atomic mass is 16.1. The Balaban J connectivity index is 1.75. The Kier molecular flexibility index (Phi) is 3.69. The number of likely N-dealkylation sites (N-methyl/N-ethyl adjacent to an activating group) is 1. The summed E-state index contributed by atoms with van der Waals surface area (Å²) in [5, 5.41) is 5.01. The molecule has 6 heteroatoms. The Bertz CT molecular complexity index is 942. The van der Waals surface area contributed by atoms with Crippen molar-refractivity contribution >= 4 is 11.0 Å². The first-order valence-corrected chi connectivity index (χ1v) is 8.31. The van der Waals surface area contributed by atoms with Gasteiger partial charge in [0.25, 0.3) is 5.56 Å². The van der Waals surface area contributed by atoms with E-state index in [1.165, 1.54) is 11.1 Å². The molecule has 0 saturated carbocycles. The number of aromatic amines is 1. The topological polar surface area (TPSA) is 66.8 Å². The Hall–Kier alpha value is -2.47. The Labute approximate surface area is 140 Å². The molecule has 3 aromatic rings. The molecule has 3 heterocycles. The summed E-state index contributed by atoms with van der Waals surface area (Å²) in [5.74, 6) is 0.690. The van der Waals surface area contributed by atoms with Gasteiger partial charge >= 0.3 is 0 Å². The summed E-state index contributed by atoms with van der Waals surface area (Å²) < 4.78 is 1.93. The molecule has 0 spiro atoms. The van der Waals surface area contributed by atoms with Crippen molar-refractivity contribution in [3.63, 3.8) is 0 Å². The predicted molar refractivity (Wildman–Crippen MR) is 93.3 cm³/mol. The van der Waals surface area contributed by atoms with Gasteiger partial charge < -0.3 is 9.88 Å². The first-order valence-electron chi connectivity index (χ1n) is 8.31. The maximum absolute atomic E-state index is 12.4. The van der Waals surface area contributed by atoms with Gasteiger partial charge in [0.2, 0.25) is 0 Å². The summed E-state index contributed by atoms with van der Waals surface area (Å²) in [5.41, 5.74) is 2.96. The van der Waals surface area contributed by atoms with Crippen LogP contribution in [0.2, 0.25) is 0 Å². The third-order valence-electron chi connectivity index (χ3n) is 4.84. The van der Waals surface area contributed by atoms with Crippen LogP contribution < -0.4 is 5.56 Å². The van der Waals surface area contributed by atoms with E-state index in [0.29, 0.717) is 23.3 Å². The smallest absolute Gasteiger partial charge is 0.262 e. The zero-order valence-electron chi connectivity index (χ0n) is 14.0. The SMILES string of the molecule is Cc1ccccc1Cc1nc2c(cnn2C2CCN(C)C2)c(=O)[nH]1. The van der Waals surface area contributed by atoms with E-state index in [0.717, 1.165) is 19.5 Å². The molecular weight excluding hydrogens is 302 g/mol. The van der Waals surface area contributed by atoms with Gasteiger partial charge in [0.1, 0.15) is 11.2 Å². The summed E-state index contributed by atoms with van der Waals surface area (Å²) in [6.45, 7) is 4.06. The van der Waals surface area contributed by atoms with Crippen LogP contribution in [0.1, 0.15) is 29.4 Å². The molecule has 0 aliphatic carbocycles. The second-order valence-electron chi connectivity index (χ2n) is 6.65. The molecule has 1 aromatic carbocycles. The van der Waals surface area contributed by atoms with Crippen molar-refractivity contribution in [1.82, 2.24) is 24.6 Å². The monoisotopic (exact) mass is 323 g/mol. The molecule has 0 bridgehead atoms. The Morgan fingerprint density at radius 1 is 1.33 bits per heavy atom. The van der Waals surface area contributed by atoms with Crippen LogP contribution in [0.15, 0.2) is 35.3 Å². The molecule has 1 aliphatic rings. The van der Waals surface area contributed by atoms with Crippen LogP contribution >= 0.6 is 0 Å². The van der Waals surface area contributed by atoms with Crippen molar-refractivity contribution in [2.45, 2.75) is 25.8 Å². The van der Waals surface area contributed by atoms with E-state index < -0.39 is 0 Å². The van der Waals surface area contributed by atoms with Gasteiger partial charge in [-0.25, -0.2) is 9.67 Å². The fourth-order valence-electron chi connectivity index (χ4n) is 3.43. The molecule has 1 saturated heterocycles. The predicted octanol–water partition coefficient (Wildman–Crippen LogP) is 1.90.